The fourth-order valence-corrected chi connectivity index (χ4v) is 3.17. The Morgan fingerprint density at radius 2 is 2.08 bits per heavy atom. The third-order valence-corrected chi connectivity index (χ3v) is 4.35. The number of carbonyl (C=O) groups excluding carboxylic acids is 1. The van der Waals surface area contributed by atoms with Gasteiger partial charge in [0.2, 0.25) is 5.91 Å². The highest BCUT2D eigenvalue weighted by molar-refractivity contribution is 7.80. The first kappa shape index (κ1) is 21.6. The van der Waals surface area contributed by atoms with Crippen molar-refractivity contribution in [2.45, 2.75) is 71.4 Å². The molecule has 1 amide bonds. The van der Waals surface area contributed by atoms with Crippen molar-refractivity contribution >= 4 is 29.2 Å². The van der Waals surface area contributed by atoms with Crippen LogP contribution in [0.2, 0.25) is 0 Å². The lowest BCUT2D eigenvalue weighted by atomic mass is 9.88. The number of carbonyl (C=O) groups is 2. The van der Waals surface area contributed by atoms with E-state index in [0.717, 1.165) is 0 Å². The summed E-state index contributed by atoms with van der Waals surface area (Å²) in [6.45, 7) is 6.78. The summed E-state index contributed by atoms with van der Waals surface area (Å²) in [5, 5.41) is 21.9. The number of aliphatic carboxylic acids is 1. The molecule has 0 aromatic rings. The Labute approximate surface area is 155 Å². The van der Waals surface area contributed by atoms with E-state index < -0.39 is 12.1 Å². The van der Waals surface area contributed by atoms with Crippen molar-refractivity contribution < 1.29 is 19.8 Å². The normalized spacial score (nSPS) is 19.5. The van der Waals surface area contributed by atoms with E-state index in [1.807, 2.05) is 17.1 Å². The Hall–Kier alpha value is -1.47. The van der Waals surface area contributed by atoms with Crippen LogP contribution in [0.3, 0.4) is 0 Å². The average molecular weight is 371 g/mol. The van der Waals surface area contributed by atoms with E-state index >= 15 is 0 Å². The topological polar surface area (TPSA) is 89.9 Å². The first-order chi connectivity index (χ1) is 11.6. The monoisotopic (exact) mass is 370 g/mol. The Morgan fingerprint density at radius 1 is 1.40 bits per heavy atom. The fourth-order valence-electron chi connectivity index (χ4n) is 2.85. The predicted molar refractivity (Wildman–Crippen MR) is 101 cm³/mol. The van der Waals surface area contributed by atoms with E-state index in [4.69, 9.17) is 17.3 Å². The van der Waals surface area contributed by atoms with Gasteiger partial charge in [-0.05, 0) is 49.7 Å². The minimum atomic E-state index is -0.797. The number of hydrogen-bond donors (Lipinski definition) is 3. The van der Waals surface area contributed by atoms with Gasteiger partial charge in [0.1, 0.15) is 6.04 Å². The Morgan fingerprint density at radius 3 is 2.68 bits per heavy atom. The number of carboxylic acids is 1. The summed E-state index contributed by atoms with van der Waals surface area (Å²) in [5.74, 6) is -0.917. The quantitative estimate of drug-likeness (QED) is 0.311. The molecule has 0 aromatic carbocycles. The van der Waals surface area contributed by atoms with Gasteiger partial charge in [-0.15, -0.1) is 0 Å². The van der Waals surface area contributed by atoms with Crippen LogP contribution in [0.25, 0.3) is 0 Å². The highest BCUT2D eigenvalue weighted by Crippen LogP contribution is 2.23. The first-order valence-corrected chi connectivity index (χ1v) is 9.17. The van der Waals surface area contributed by atoms with Gasteiger partial charge < -0.3 is 20.4 Å². The lowest BCUT2D eigenvalue weighted by Gasteiger charge is -2.26. The van der Waals surface area contributed by atoms with Gasteiger partial charge in [0.25, 0.3) is 0 Å². The lowest BCUT2D eigenvalue weighted by Crippen LogP contribution is -2.37. The summed E-state index contributed by atoms with van der Waals surface area (Å²) in [7, 11) is 0. The van der Waals surface area contributed by atoms with Gasteiger partial charge in [-0.3, -0.25) is 9.59 Å². The third kappa shape index (κ3) is 8.45. The van der Waals surface area contributed by atoms with Crippen molar-refractivity contribution in [1.82, 2.24) is 10.2 Å². The SMILES string of the molecule is CC(C)(C)CC(O)CCN1C(=S)NC(=O)C1C/C=C\CCCC(=O)O. The number of aliphatic hydroxyl groups is 1. The summed E-state index contributed by atoms with van der Waals surface area (Å²) in [5.41, 5.74) is 0.0527. The molecule has 1 heterocycles. The Kier molecular flexibility index (Phi) is 8.52. The van der Waals surface area contributed by atoms with E-state index in [1.54, 1.807) is 0 Å². The molecule has 0 bridgehead atoms. The van der Waals surface area contributed by atoms with Crippen LogP contribution in [0.5, 0.6) is 0 Å². The van der Waals surface area contributed by atoms with Crippen LogP contribution in [0.4, 0.5) is 0 Å². The summed E-state index contributed by atoms with van der Waals surface area (Å²) in [6.07, 6.45) is 6.58. The van der Waals surface area contributed by atoms with Crippen LogP contribution < -0.4 is 5.32 Å². The van der Waals surface area contributed by atoms with Crippen LogP contribution in [-0.4, -0.2) is 50.8 Å². The van der Waals surface area contributed by atoms with Gasteiger partial charge in [-0.25, -0.2) is 0 Å². The number of nitrogens with one attached hydrogen (secondary N) is 1. The minimum absolute atomic E-state index is 0.0527. The average Bonchev–Trinajstić information content (AvgIpc) is 2.72. The zero-order valence-electron chi connectivity index (χ0n) is 15.3. The van der Waals surface area contributed by atoms with Crippen molar-refractivity contribution in [2.75, 3.05) is 6.54 Å². The van der Waals surface area contributed by atoms with Gasteiger partial charge in [0.15, 0.2) is 5.11 Å². The second kappa shape index (κ2) is 9.87. The number of nitrogens with zero attached hydrogens (tertiary/aromatic N) is 1. The molecule has 3 N–H and O–H groups in total. The molecule has 2 unspecified atom stereocenters. The molecule has 1 aliphatic heterocycles. The van der Waals surface area contributed by atoms with Crippen molar-refractivity contribution in [3.8, 4) is 0 Å². The van der Waals surface area contributed by atoms with Gasteiger partial charge in [-0.1, -0.05) is 32.9 Å². The van der Waals surface area contributed by atoms with Gasteiger partial charge in [-0.2, -0.15) is 0 Å². The van der Waals surface area contributed by atoms with Crippen molar-refractivity contribution in [2.24, 2.45) is 5.41 Å². The van der Waals surface area contributed by atoms with Crippen LogP contribution in [0, 0.1) is 5.41 Å². The van der Waals surface area contributed by atoms with E-state index in [0.29, 0.717) is 43.8 Å². The summed E-state index contributed by atoms with van der Waals surface area (Å²) >= 11 is 5.23. The summed E-state index contributed by atoms with van der Waals surface area (Å²) in [6, 6.07) is -0.356. The van der Waals surface area contributed by atoms with E-state index in [1.165, 1.54) is 0 Å². The number of thiocarbonyl (C=S) groups is 1. The summed E-state index contributed by atoms with van der Waals surface area (Å²) < 4.78 is 0. The molecule has 1 saturated heterocycles. The smallest absolute Gasteiger partial charge is 0.303 e. The van der Waals surface area contributed by atoms with Crippen LogP contribution in [-0.2, 0) is 9.59 Å². The minimum Gasteiger partial charge on any atom is -0.481 e. The van der Waals surface area contributed by atoms with Gasteiger partial charge in [0, 0.05) is 13.0 Å². The second-order valence-electron chi connectivity index (χ2n) is 7.70. The maximum absolute atomic E-state index is 12.1. The van der Waals surface area contributed by atoms with E-state index in [-0.39, 0.29) is 23.8 Å². The molecule has 142 valence electrons. The zero-order chi connectivity index (χ0) is 19.0. The molecule has 0 saturated carbocycles. The molecule has 6 nitrogen and oxygen atoms in total. The fraction of sp³-hybridized carbons (Fsp3) is 0.722. The predicted octanol–water partition coefficient (Wildman–Crippen LogP) is 2.46. The lowest BCUT2D eigenvalue weighted by molar-refractivity contribution is -0.137. The molecule has 7 heteroatoms. The maximum atomic E-state index is 12.1. The third-order valence-electron chi connectivity index (χ3n) is 4.01. The van der Waals surface area contributed by atoms with Crippen molar-refractivity contribution in [1.29, 1.82) is 0 Å². The highest BCUT2D eigenvalue weighted by atomic mass is 32.1. The zero-order valence-corrected chi connectivity index (χ0v) is 16.1. The van der Waals surface area contributed by atoms with Crippen molar-refractivity contribution in [3.63, 3.8) is 0 Å². The second-order valence-corrected chi connectivity index (χ2v) is 8.09. The molecule has 1 rings (SSSR count). The van der Waals surface area contributed by atoms with E-state index in [9.17, 15) is 14.7 Å². The van der Waals surface area contributed by atoms with Crippen LogP contribution >= 0.6 is 12.2 Å². The molecular weight excluding hydrogens is 340 g/mol. The molecule has 0 radical (unpaired) electrons. The maximum Gasteiger partial charge on any atom is 0.303 e. The van der Waals surface area contributed by atoms with Gasteiger partial charge >= 0.3 is 5.97 Å². The molecule has 0 spiro atoms. The highest BCUT2D eigenvalue weighted by Gasteiger charge is 2.34. The van der Waals surface area contributed by atoms with Crippen molar-refractivity contribution in [3.05, 3.63) is 12.2 Å². The molecule has 2 atom stereocenters. The number of allylic oxidation sites excluding steroid dienone is 1. The first-order valence-electron chi connectivity index (χ1n) is 8.76. The number of carboxylic acid groups (broad SMARTS) is 1. The number of hydrogen-bond acceptors (Lipinski definition) is 4. The van der Waals surface area contributed by atoms with Crippen LogP contribution in [0.1, 0.15) is 59.3 Å². The molecule has 1 fully saturated rings. The largest absolute Gasteiger partial charge is 0.481 e. The molecule has 0 aromatic heterocycles. The van der Waals surface area contributed by atoms with Gasteiger partial charge in [0.05, 0.1) is 6.10 Å². The summed E-state index contributed by atoms with van der Waals surface area (Å²) in [4.78, 5) is 24.4. The van der Waals surface area contributed by atoms with Crippen LogP contribution in [0.15, 0.2) is 12.2 Å². The van der Waals surface area contributed by atoms with E-state index in [2.05, 4.69) is 26.1 Å². The number of unbranched alkanes of at least 4 members (excludes halogenated alkanes) is 1. The number of aliphatic hydroxyl groups excluding tert-OH is 1. The Balaban J connectivity index is 2.47. The molecule has 0 aliphatic carbocycles. The standard InChI is InChI=1S/C18H30N2O4S/c1-18(2,3)12-13(21)10-11-20-14(16(24)19-17(20)25)8-6-4-5-7-9-15(22)23/h4,6,13-14,21H,5,7-12H2,1-3H3,(H,22,23)(H,19,24,25)/b6-4-. The Bertz CT molecular complexity index is 514. The number of rotatable bonds is 10. The molecule has 1 aliphatic rings. The number of amides is 1. The molecule has 25 heavy (non-hydrogen) atoms. The molecular formula is C18H30N2O4S.